The van der Waals surface area contributed by atoms with E-state index in [4.69, 9.17) is 0 Å². The first kappa shape index (κ1) is 19.1. The molecule has 4 N–H and O–H groups in total. The maximum atomic E-state index is 10.5. The number of H-pyrrole nitrogens is 1. The number of anilines is 1. The minimum Gasteiger partial charge on any atom is -0.507 e. The van der Waals surface area contributed by atoms with Gasteiger partial charge in [-0.1, -0.05) is 6.07 Å². The molecule has 3 atom stereocenters. The van der Waals surface area contributed by atoms with Gasteiger partial charge in [0.05, 0.1) is 11.9 Å². The van der Waals surface area contributed by atoms with Gasteiger partial charge in [-0.3, -0.25) is 5.10 Å². The Balaban J connectivity index is 1.25. The van der Waals surface area contributed by atoms with E-state index in [0.717, 1.165) is 23.5 Å². The van der Waals surface area contributed by atoms with Gasteiger partial charge in [-0.05, 0) is 75.3 Å². The smallest absolute Gasteiger partial charge is 0.148 e. The van der Waals surface area contributed by atoms with Gasteiger partial charge in [0.1, 0.15) is 11.6 Å². The van der Waals surface area contributed by atoms with E-state index >= 15 is 0 Å². The topological polar surface area (TPSA) is 98.8 Å². The predicted molar refractivity (Wildman–Crippen MR) is 117 cm³/mol. The first-order chi connectivity index (χ1) is 14.4. The Labute approximate surface area is 176 Å². The maximum Gasteiger partial charge on any atom is 0.148 e. The summed E-state index contributed by atoms with van der Waals surface area (Å²) in [5.74, 6) is 1.58. The van der Waals surface area contributed by atoms with Crippen LogP contribution in [-0.2, 0) is 0 Å². The summed E-state index contributed by atoms with van der Waals surface area (Å²) in [6.07, 6.45) is 8.43. The molecule has 4 heterocycles. The van der Waals surface area contributed by atoms with E-state index in [9.17, 15) is 5.11 Å². The van der Waals surface area contributed by atoms with E-state index in [-0.39, 0.29) is 16.8 Å². The number of aromatic nitrogens is 4. The molecule has 2 bridgehead atoms. The van der Waals surface area contributed by atoms with E-state index in [1.165, 1.54) is 25.7 Å². The zero-order valence-electron chi connectivity index (χ0n) is 17.4. The molecule has 0 spiro atoms. The van der Waals surface area contributed by atoms with Crippen LogP contribution >= 0.6 is 0 Å². The lowest BCUT2D eigenvalue weighted by Crippen LogP contribution is -2.54. The largest absolute Gasteiger partial charge is 0.507 e. The number of aromatic amines is 1. The van der Waals surface area contributed by atoms with E-state index in [1.54, 1.807) is 18.5 Å². The number of nitrogens with zero attached hydrogens (tertiary/aromatic N) is 3. The number of benzene rings is 1. The van der Waals surface area contributed by atoms with Crippen LogP contribution in [0.4, 0.5) is 5.82 Å². The van der Waals surface area contributed by atoms with Crippen molar-refractivity contribution in [2.75, 3.05) is 11.9 Å². The summed E-state index contributed by atoms with van der Waals surface area (Å²) in [4.78, 5) is 0. The summed E-state index contributed by atoms with van der Waals surface area (Å²) >= 11 is 0. The monoisotopic (exact) mass is 404 g/mol. The van der Waals surface area contributed by atoms with Gasteiger partial charge in [-0.2, -0.15) is 5.10 Å². The highest BCUT2D eigenvalue weighted by Gasteiger charge is 2.48. The van der Waals surface area contributed by atoms with Crippen molar-refractivity contribution in [1.82, 2.24) is 25.7 Å². The molecule has 0 radical (unpaired) electrons. The fourth-order valence-corrected chi connectivity index (χ4v) is 5.36. The Bertz CT molecular complexity index is 1020. The van der Waals surface area contributed by atoms with Crippen LogP contribution in [0, 0.1) is 5.92 Å². The van der Waals surface area contributed by atoms with Crippen molar-refractivity contribution in [1.29, 1.82) is 0 Å². The molecule has 5 rings (SSSR count). The molecule has 1 unspecified atom stereocenters. The molecule has 3 aromatic rings. The van der Waals surface area contributed by atoms with E-state index in [2.05, 4.69) is 44.9 Å². The molecule has 7 nitrogen and oxygen atoms in total. The summed E-state index contributed by atoms with van der Waals surface area (Å²) < 4.78 is 0. The maximum absolute atomic E-state index is 10.5. The summed E-state index contributed by atoms with van der Waals surface area (Å²) in [5.41, 5.74) is 3.68. The molecular formula is C23H28N6O. The van der Waals surface area contributed by atoms with Crippen LogP contribution in [0.2, 0.25) is 0 Å². The van der Waals surface area contributed by atoms with Gasteiger partial charge >= 0.3 is 0 Å². The molecule has 0 amide bonds. The first-order valence-corrected chi connectivity index (χ1v) is 10.6. The normalized spacial score (nSPS) is 27.9. The molecule has 0 saturated carbocycles. The lowest BCUT2D eigenvalue weighted by molar-refractivity contribution is 0.178. The minimum absolute atomic E-state index is 0.176. The second-order valence-electron chi connectivity index (χ2n) is 9.42. The lowest BCUT2D eigenvalue weighted by atomic mass is 9.80. The fourth-order valence-electron chi connectivity index (χ4n) is 5.36. The molecule has 0 aliphatic carbocycles. The Hall–Kier alpha value is -2.93. The highest BCUT2D eigenvalue weighted by molar-refractivity contribution is 5.73. The van der Waals surface area contributed by atoms with Crippen LogP contribution in [0.15, 0.2) is 42.7 Å². The molecular weight excluding hydrogens is 376 g/mol. The third-order valence-electron chi connectivity index (χ3n) is 6.65. The van der Waals surface area contributed by atoms with Gasteiger partial charge in [0.15, 0.2) is 0 Å². The number of hydrogen-bond donors (Lipinski definition) is 4. The average Bonchev–Trinajstić information content (AvgIpc) is 3.33. The van der Waals surface area contributed by atoms with Crippen molar-refractivity contribution in [3.05, 3.63) is 42.7 Å². The molecule has 7 heteroatoms. The predicted octanol–water partition coefficient (Wildman–Crippen LogP) is 3.96. The van der Waals surface area contributed by atoms with E-state index in [1.807, 2.05) is 24.3 Å². The van der Waals surface area contributed by atoms with Gasteiger partial charge in [0.25, 0.3) is 0 Å². The molecule has 30 heavy (non-hydrogen) atoms. The summed E-state index contributed by atoms with van der Waals surface area (Å²) in [7, 11) is 0. The Morgan fingerprint density at radius 2 is 1.87 bits per heavy atom. The molecule has 156 valence electrons. The Morgan fingerprint density at radius 1 is 1.07 bits per heavy atom. The number of fused-ring (bicyclic) bond motifs is 2. The summed E-state index contributed by atoms with van der Waals surface area (Å²) in [6, 6.07) is 9.36. The van der Waals surface area contributed by atoms with Crippen molar-refractivity contribution in [3.8, 4) is 28.1 Å². The van der Waals surface area contributed by atoms with Crippen LogP contribution in [0.5, 0.6) is 5.75 Å². The van der Waals surface area contributed by atoms with Crippen LogP contribution < -0.4 is 10.6 Å². The number of nitrogens with one attached hydrogen (secondary N) is 3. The van der Waals surface area contributed by atoms with Crippen LogP contribution in [0.1, 0.15) is 39.5 Å². The fraction of sp³-hybridized carbons (Fsp3) is 0.435. The van der Waals surface area contributed by atoms with Crippen molar-refractivity contribution >= 4 is 5.82 Å². The van der Waals surface area contributed by atoms with Gasteiger partial charge < -0.3 is 15.7 Å². The Kier molecular flexibility index (Phi) is 4.50. The van der Waals surface area contributed by atoms with E-state index < -0.39 is 0 Å². The van der Waals surface area contributed by atoms with Crippen molar-refractivity contribution in [2.24, 2.45) is 5.92 Å². The van der Waals surface area contributed by atoms with E-state index in [0.29, 0.717) is 17.2 Å². The highest BCUT2D eigenvalue weighted by Crippen LogP contribution is 2.44. The average molecular weight is 405 g/mol. The van der Waals surface area contributed by atoms with Crippen LogP contribution in [0.3, 0.4) is 0 Å². The van der Waals surface area contributed by atoms with Crippen LogP contribution in [-0.4, -0.2) is 43.1 Å². The molecule has 2 aliphatic heterocycles. The van der Waals surface area contributed by atoms with Gasteiger partial charge in [-0.25, -0.2) is 0 Å². The standard InChI is InChI=1S/C23H28N6O/c1-22-7-8-23(2,29-22)11-15(10-22)12-24-21-6-5-19(27-28-21)18-4-3-16(9-20(18)30)17-13-25-26-14-17/h3-6,9,13-15,29-30H,7-8,10-12H2,1-2H3,(H,24,28)(H,25,26)/t15?,22-,23+. The zero-order chi connectivity index (χ0) is 20.8. The second-order valence-corrected chi connectivity index (χ2v) is 9.42. The number of aromatic hydroxyl groups is 1. The lowest BCUT2D eigenvalue weighted by Gasteiger charge is -2.42. The number of rotatable bonds is 5. The SMILES string of the molecule is C[C@]12CC[C@](C)(CC(CNc3ccc(-c4ccc(-c5cn[nH]c5)cc4O)nn3)C1)N2. The Morgan fingerprint density at radius 3 is 2.50 bits per heavy atom. The van der Waals surface area contributed by atoms with Gasteiger partial charge in [0, 0.05) is 34.9 Å². The molecule has 2 aliphatic rings. The number of phenolic OH excluding ortho intramolecular Hbond substituents is 1. The molecule has 2 fully saturated rings. The number of phenols is 1. The first-order valence-electron chi connectivity index (χ1n) is 10.6. The van der Waals surface area contributed by atoms with Crippen molar-refractivity contribution in [2.45, 2.75) is 50.6 Å². The molecule has 2 saturated heterocycles. The van der Waals surface area contributed by atoms with Crippen molar-refractivity contribution in [3.63, 3.8) is 0 Å². The third kappa shape index (κ3) is 3.65. The second kappa shape index (κ2) is 7.09. The van der Waals surface area contributed by atoms with Gasteiger partial charge in [-0.15, -0.1) is 10.2 Å². The number of hydrogen-bond acceptors (Lipinski definition) is 6. The quantitative estimate of drug-likeness (QED) is 0.514. The molecule has 2 aromatic heterocycles. The highest BCUT2D eigenvalue weighted by atomic mass is 16.3. The summed E-state index contributed by atoms with van der Waals surface area (Å²) in [6.45, 7) is 5.61. The third-order valence-corrected chi connectivity index (χ3v) is 6.65. The van der Waals surface area contributed by atoms with Crippen LogP contribution in [0.25, 0.3) is 22.4 Å². The molecule has 1 aromatic carbocycles. The summed E-state index contributed by atoms with van der Waals surface area (Å²) in [5, 5.41) is 33.2. The van der Waals surface area contributed by atoms with Crippen molar-refractivity contribution < 1.29 is 5.11 Å². The zero-order valence-corrected chi connectivity index (χ0v) is 17.4. The minimum atomic E-state index is 0.176. The number of piperidine rings is 1. The van der Waals surface area contributed by atoms with Gasteiger partial charge in [0.2, 0.25) is 0 Å².